The summed E-state index contributed by atoms with van der Waals surface area (Å²) >= 11 is 3.32. The zero-order chi connectivity index (χ0) is 12.2. The molecule has 0 radical (unpaired) electrons. The zero-order valence-corrected chi connectivity index (χ0v) is 11.2. The maximum atomic E-state index is 13.8. The van der Waals surface area contributed by atoms with Crippen LogP contribution in [-0.2, 0) is 4.74 Å². The Morgan fingerprint density at radius 2 is 2.24 bits per heavy atom. The highest BCUT2D eigenvalue weighted by molar-refractivity contribution is 9.10. The monoisotopic (exact) mass is 298 g/mol. The number of hydrogen-bond acceptors (Lipinski definition) is 2. The van der Waals surface area contributed by atoms with Gasteiger partial charge in [0.15, 0.2) is 5.82 Å². The number of halogens is 2. The predicted octanol–water partition coefficient (Wildman–Crippen LogP) is 3.59. The lowest BCUT2D eigenvalue weighted by Crippen LogP contribution is -2.23. The standard InChI is InChI=1S/C12H12BrFN2O/c1-6-5-17-7(2)12-15-11-9(14)3-8(13)4-10(11)16(6)12/h3-4,6-7H,5H2,1-2H3. The van der Waals surface area contributed by atoms with Gasteiger partial charge in [-0.25, -0.2) is 9.37 Å². The van der Waals surface area contributed by atoms with Gasteiger partial charge in [-0.2, -0.15) is 0 Å². The van der Waals surface area contributed by atoms with Crippen LogP contribution in [-0.4, -0.2) is 16.2 Å². The first-order chi connectivity index (χ1) is 8.08. The maximum Gasteiger partial charge on any atom is 0.152 e. The van der Waals surface area contributed by atoms with E-state index in [0.29, 0.717) is 12.1 Å². The summed E-state index contributed by atoms with van der Waals surface area (Å²) in [6, 6.07) is 3.53. The van der Waals surface area contributed by atoms with Crippen molar-refractivity contribution in [1.29, 1.82) is 0 Å². The topological polar surface area (TPSA) is 27.1 Å². The average Bonchev–Trinajstić information content (AvgIpc) is 2.64. The van der Waals surface area contributed by atoms with E-state index in [1.165, 1.54) is 6.07 Å². The summed E-state index contributed by atoms with van der Waals surface area (Å²) in [4.78, 5) is 4.37. The lowest BCUT2D eigenvalue weighted by molar-refractivity contribution is 0.0134. The van der Waals surface area contributed by atoms with Gasteiger partial charge in [0.25, 0.3) is 0 Å². The third-order valence-corrected chi connectivity index (χ3v) is 3.59. The highest BCUT2D eigenvalue weighted by Gasteiger charge is 2.27. The molecular formula is C12H12BrFN2O. The van der Waals surface area contributed by atoms with E-state index in [1.807, 2.05) is 13.0 Å². The second-order valence-corrected chi connectivity index (χ2v) is 5.34. The number of hydrogen-bond donors (Lipinski definition) is 0. The molecular weight excluding hydrogens is 287 g/mol. The minimum atomic E-state index is -0.296. The molecule has 0 saturated heterocycles. The fourth-order valence-corrected chi connectivity index (χ4v) is 2.74. The van der Waals surface area contributed by atoms with E-state index < -0.39 is 0 Å². The highest BCUT2D eigenvalue weighted by Crippen LogP contribution is 2.33. The summed E-state index contributed by atoms with van der Waals surface area (Å²) in [5, 5.41) is 0. The van der Waals surface area contributed by atoms with Crippen molar-refractivity contribution in [3.63, 3.8) is 0 Å². The highest BCUT2D eigenvalue weighted by atomic mass is 79.9. The molecule has 2 atom stereocenters. The molecule has 3 rings (SSSR count). The first-order valence-electron chi connectivity index (χ1n) is 5.56. The van der Waals surface area contributed by atoms with Gasteiger partial charge in [0.2, 0.25) is 0 Å². The molecule has 0 amide bonds. The van der Waals surface area contributed by atoms with Crippen LogP contribution in [0, 0.1) is 5.82 Å². The van der Waals surface area contributed by atoms with E-state index in [4.69, 9.17) is 4.74 Å². The van der Waals surface area contributed by atoms with Gasteiger partial charge in [-0.1, -0.05) is 15.9 Å². The van der Waals surface area contributed by atoms with Crippen molar-refractivity contribution in [3.8, 4) is 0 Å². The van der Waals surface area contributed by atoms with Crippen molar-refractivity contribution in [2.75, 3.05) is 6.61 Å². The number of nitrogens with zero attached hydrogens (tertiary/aromatic N) is 2. The fraction of sp³-hybridized carbons (Fsp3) is 0.417. The van der Waals surface area contributed by atoms with Gasteiger partial charge >= 0.3 is 0 Å². The van der Waals surface area contributed by atoms with Crippen LogP contribution >= 0.6 is 15.9 Å². The average molecular weight is 299 g/mol. The van der Waals surface area contributed by atoms with E-state index in [1.54, 1.807) is 0 Å². The van der Waals surface area contributed by atoms with Gasteiger partial charge < -0.3 is 9.30 Å². The van der Waals surface area contributed by atoms with Gasteiger partial charge in [0.05, 0.1) is 18.2 Å². The van der Waals surface area contributed by atoms with Crippen LogP contribution in [0.15, 0.2) is 16.6 Å². The fourth-order valence-electron chi connectivity index (χ4n) is 2.32. The Bertz CT molecular complexity index is 596. The SMILES string of the molecule is CC1OCC(C)n2c1nc1c(F)cc(Br)cc12. The Morgan fingerprint density at radius 1 is 1.47 bits per heavy atom. The van der Waals surface area contributed by atoms with Crippen LogP contribution in [0.2, 0.25) is 0 Å². The van der Waals surface area contributed by atoms with Crippen molar-refractivity contribution in [2.45, 2.75) is 26.0 Å². The Balaban J connectivity index is 2.38. The normalized spacial score (nSPS) is 24.0. The van der Waals surface area contributed by atoms with Gasteiger partial charge in [-0.15, -0.1) is 0 Å². The summed E-state index contributed by atoms with van der Waals surface area (Å²) < 4.78 is 22.2. The van der Waals surface area contributed by atoms with Crippen LogP contribution in [0.3, 0.4) is 0 Å². The molecule has 1 aliphatic heterocycles. The quantitative estimate of drug-likeness (QED) is 0.743. The van der Waals surface area contributed by atoms with Crippen molar-refractivity contribution in [3.05, 3.63) is 28.2 Å². The first kappa shape index (κ1) is 11.2. The lowest BCUT2D eigenvalue weighted by Gasteiger charge is -2.27. The van der Waals surface area contributed by atoms with E-state index in [0.717, 1.165) is 15.8 Å². The Morgan fingerprint density at radius 3 is 3.00 bits per heavy atom. The molecule has 17 heavy (non-hydrogen) atoms. The van der Waals surface area contributed by atoms with Crippen LogP contribution in [0.25, 0.3) is 11.0 Å². The largest absolute Gasteiger partial charge is 0.368 e. The van der Waals surface area contributed by atoms with Crippen LogP contribution in [0.5, 0.6) is 0 Å². The second kappa shape index (κ2) is 3.78. The van der Waals surface area contributed by atoms with Crippen LogP contribution in [0.4, 0.5) is 4.39 Å². The molecule has 0 spiro atoms. The predicted molar refractivity (Wildman–Crippen MR) is 66.5 cm³/mol. The molecule has 0 fully saturated rings. The third-order valence-electron chi connectivity index (χ3n) is 3.13. The second-order valence-electron chi connectivity index (χ2n) is 4.42. The minimum Gasteiger partial charge on any atom is -0.368 e. The third kappa shape index (κ3) is 1.60. The number of aromatic nitrogens is 2. The molecule has 3 nitrogen and oxygen atoms in total. The number of imidazole rings is 1. The number of ether oxygens (including phenoxy) is 1. The van der Waals surface area contributed by atoms with Crippen LogP contribution in [0.1, 0.15) is 31.8 Å². The van der Waals surface area contributed by atoms with E-state index in [2.05, 4.69) is 32.4 Å². The van der Waals surface area contributed by atoms with Crippen molar-refractivity contribution in [2.24, 2.45) is 0 Å². The number of benzene rings is 1. The van der Waals surface area contributed by atoms with Gasteiger partial charge in [-0.3, -0.25) is 0 Å². The van der Waals surface area contributed by atoms with Gasteiger partial charge in [0.1, 0.15) is 17.4 Å². The molecule has 2 heterocycles. The van der Waals surface area contributed by atoms with Crippen molar-refractivity contribution >= 4 is 27.0 Å². The summed E-state index contributed by atoms with van der Waals surface area (Å²) in [6.07, 6.45) is -0.0863. The van der Waals surface area contributed by atoms with E-state index in [-0.39, 0.29) is 18.0 Å². The molecule has 2 unspecified atom stereocenters. The summed E-state index contributed by atoms with van der Waals surface area (Å²) in [7, 11) is 0. The Hall–Kier alpha value is -0.940. The van der Waals surface area contributed by atoms with Gasteiger partial charge in [0, 0.05) is 4.47 Å². The Labute approximate surface area is 107 Å². The number of rotatable bonds is 0. The van der Waals surface area contributed by atoms with Crippen LogP contribution < -0.4 is 0 Å². The molecule has 0 N–H and O–H groups in total. The lowest BCUT2D eigenvalue weighted by atomic mass is 10.2. The summed E-state index contributed by atoms with van der Waals surface area (Å²) in [6.45, 7) is 4.62. The molecule has 5 heteroatoms. The Kier molecular flexibility index (Phi) is 2.48. The van der Waals surface area contributed by atoms with Crippen molar-refractivity contribution < 1.29 is 9.13 Å². The summed E-state index contributed by atoms with van der Waals surface area (Å²) in [5.41, 5.74) is 1.25. The maximum absolute atomic E-state index is 13.8. The molecule has 1 aromatic heterocycles. The first-order valence-corrected chi connectivity index (χ1v) is 6.35. The van der Waals surface area contributed by atoms with Gasteiger partial charge in [-0.05, 0) is 26.0 Å². The van der Waals surface area contributed by atoms with E-state index >= 15 is 0 Å². The van der Waals surface area contributed by atoms with Crippen molar-refractivity contribution in [1.82, 2.24) is 9.55 Å². The molecule has 0 saturated carbocycles. The molecule has 0 aliphatic carbocycles. The molecule has 1 aliphatic rings. The smallest absolute Gasteiger partial charge is 0.152 e. The molecule has 1 aromatic carbocycles. The summed E-state index contributed by atoms with van der Waals surface area (Å²) in [5.74, 6) is 0.506. The zero-order valence-electron chi connectivity index (χ0n) is 9.58. The molecule has 0 bridgehead atoms. The molecule has 90 valence electrons. The van der Waals surface area contributed by atoms with E-state index in [9.17, 15) is 4.39 Å². The molecule has 2 aromatic rings. The number of fused-ring (bicyclic) bond motifs is 3. The minimum absolute atomic E-state index is 0.0863.